The molecular formula is C13H12FNO. The van der Waals surface area contributed by atoms with Crippen molar-refractivity contribution in [2.45, 2.75) is 26.2 Å². The second-order valence-corrected chi connectivity index (χ2v) is 4.41. The maximum absolute atomic E-state index is 13.4. The summed E-state index contributed by atoms with van der Waals surface area (Å²) in [5.41, 5.74) is 3.09. The number of aryl methyl sites for hydroxylation is 2. The average molecular weight is 217 g/mol. The SMILES string of the molecule is Cc1cc2c(=O)c3c([nH]c2cc1F)CCC3. The molecule has 1 aromatic heterocycles. The van der Waals surface area contributed by atoms with Crippen LogP contribution in [0.15, 0.2) is 16.9 Å². The van der Waals surface area contributed by atoms with Crippen LogP contribution in [0.2, 0.25) is 0 Å². The van der Waals surface area contributed by atoms with Crippen LogP contribution in [0, 0.1) is 12.7 Å². The molecule has 16 heavy (non-hydrogen) atoms. The summed E-state index contributed by atoms with van der Waals surface area (Å²) in [6.45, 7) is 1.68. The Morgan fingerprint density at radius 3 is 2.94 bits per heavy atom. The molecule has 1 aliphatic rings. The lowest BCUT2D eigenvalue weighted by molar-refractivity contribution is 0.620. The van der Waals surface area contributed by atoms with Crippen molar-refractivity contribution in [3.05, 3.63) is 45.0 Å². The van der Waals surface area contributed by atoms with E-state index in [-0.39, 0.29) is 11.2 Å². The van der Waals surface area contributed by atoms with E-state index in [2.05, 4.69) is 4.98 Å². The Kier molecular flexibility index (Phi) is 1.90. The summed E-state index contributed by atoms with van der Waals surface area (Å²) in [7, 11) is 0. The predicted octanol–water partition coefficient (Wildman–Crippen LogP) is 2.46. The van der Waals surface area contributed by atoms with Crippen molar-refractivity contribution >= 4 is 10.9 Å². The van der Waals surface area contributed by atoms with Gasteiger partial charge in [0.2, 0.25) is 0 Å². The summed E-state index contributed by atoms with van der Waals surface area (Å²) in [4.78, 5) is 15.3. The van der Waals surface area contributed by atoms with E-state index in [9.17, 15) is 9.18 Å². The Balaban J connectivity index is 2.46. The van der Waals surface area contributed by atoms with E-state index in [0.29, 0.717) is 16.5 Å². The lowest BCUT2D eigenvalue weighted by Crippen LogP contribution is -2.11. The average Bonchev–Trinajstić information content (AvgIpc) is 2.70. The smallest absolute Gasteiger partial charge is 0.192 e. The van der Waals surface area contributed by atoms with Crippen molar-refractivity contribution in [1.82, 2.24) is 4.98 Å². The number of nitrogens with one attached hydrogen (secondary N) is 1. The van der Waals surface area contributed by atoms with Crippen LogP contribution in [0.5, 0.6) is 0 Å². The molecule has 1 heterocycles. The molecule has 0 radical (unpaired) electrons. The number of rotatable bonds is 0. The Hall–Kier alpha value is -1.64. The topological polar surface area (TPSA) is 32.9 Å². The molecular weight excluding hydrogens is 205 g/mol. The molecule has 0 spiro atoms. The van der Waals surface area contributed by atoms with E-state index < -0.39 is 0 Å². The summed E-state index contributed by atoms with van der Waals surface area (Å²) in [5.74, 6) is -0.263. The van der Waals surface area contributed by atoms with Gasteiger partial charge < -0.3 is 4.98 Å². The van der Waals surface area contributed by atoms with Crippen LogP contribution in [0.25, 0.3) is 10.9 Å². The highest BCUT2D eigenvalue weighted by atomic mass is 19.1. The van der Waals surface area contributed by atoms with Crippen LogP contribution in [0.1, 0.15) is 23.2 Å². The second kappa shape index (κ2) is 3.17. The number of hydrogen-bond acceptors (Lipinski definition) is 1. The van der Waals surface area contributed by atoms with Crippen LogP contribution in [0.3, 0.4) is 0 Å². The largest absolute Gasteiger partial charge is 0.358 e. The highest BCUT2D eigenvalue weighted by Gasteiger charge is 2.17. The van der Waals surface area contributed by atoms with Crippen molar-refractivity contribution in [1.29, 1.82) is 0 Å². The van der Waals surface area contributed by atoms with E-state index in [1.165, 1.54) is 6.07 Å². The molecule has 0 unspecified atom stereocenters. The van der Waals surface area contributed by atoms with Crippen LogP contribution < -0.4 is 5.43 Å². The molecule has 2 aromatic rings. The minimum atomic E-state index is -0.263. The van der Waals surface area contributed by atoms with Crippen molar-refractivity contribution < 1.29 is 4.39 Å². The predicted molar refractivity (Wildman–Crippen MR) is 61.3 cm³/mol. The van der Waals surface area contributed by atoms with Gasteiger partial charge in [0.1, 0.15) is 5.82 Å². The van der Waals surface area contributed by atoms with Crippen LogP contribution in [-0.4, -0.2) is 4.98 Å². The molecule has 0 saturated carbocycles. The molecule has 0 aliphatic heterocycles. The molecule has 0 fully saturated rings. The number of hydrogen-bond donors (Lipinski definition) is 1. The second-order valence-electron chi connectivity index (χ2n) is 4.41. The van der Waals surface area contributed by atoms with Gasteiger partial charge in [-0.1, -0.05) is 0 Å². The quantitative estimate of drug-likeness (QED) is 0.722. The van der Waals surface area contributed by atoms with Gasteiger partial charge in [0.25, 0.3) is 0 Å². The van der Waals surface area contributed by atoms with Crippen LogP contribution in [-0.2, 0) is 12.8 Å². The fourth-order valence-corrected chi connectivity index (χ4v) is 2.43. The van der Waals surface area contributed by atoms with Crippen molar-refractivity contribution in [2.24, 2.45) is 0 Å². The van der Waals surface area contributed by atoms with Gasteiger partial charge in [0.15, 0.2) is 5.43 Å². The molecule has 1 N–H and O–H groups in total. The molecule has 3 heteroatoms. The number of aromatic amines is 1. The number of aromatic nitrogens is 1. The first kappa shape index (κ1) is 9.58. The molecule has 0 atom stereocenters. The van der Waals surface area contributed by atoms with Crippen molar-refractivity contribution in [3.8, 4) is 0 Å². The third kappa shape index (κ3) is 1.21. The highest BCUT2D eigenvalue weighted by Crippen LogP contribution is 2.21. The maximum Gasteiger partial charge on any atom is 0.192 e. The molecule has 82 valence electrons. The Morgan fingerprint density at radius 2 is 2.12 bits per heavy atom. The summed E-state index contributed by atoms with van der Waals surface area (Å²) in [6.07, 6.45) is 2.76. The number of fused-ring (bicyclic) bond motifs is 2. The van der Waals surface area contributed by atoms with Gasteiger partial charge in [-0.15, -0.1) is 0 Å². The number of pyridine rings is 1. The van der Waals surface area contributed by atoms with Gasteiger partial charge in [0.05, 0.1) is 5.52 Å². The van der Waals surface area contributed by atoms with E-state index in [1.807, 2.05) is 0 Å². The first-order valence-electron chi connectivity index (χ1n) is 5.50. The van der Waals surface area contributed by atoms with Crippen molar-refractivity contribution in [3.63, 3.8) is 0 Å². The normalized spacial score (nSPS) is 14.4. The molecule has 3 rings (SSSR count). The van der Waals surface area contributed by atoms with E-state index in [4.69, 9.17) is 0 Å². The lowest BCUT2D eigenvalue weighted by atomic mass is 10.1. The highest BCUT2D eigenvalue weighted by molar-refractivity contribution is 5.80. The Morgan fingerprint density at radius 1 is 1.31 bits per heavy atom. The maximum atomic E-state index is 13.4. The minimum Gasteiger partial charge on any atom is -0.358 e. The monoisotopic (exact) mass is 217 g/mol. The fraction of sp³-hybridized carbons (Fsp3) is 0.308. The van der Waals surface area contributed by atoms with Crippen LogP contribution in [0.4, 0.5) is 4.39 Å². The zero-order chi connectivity index (χ0) is 11.3. The third-order valence-electron chi connectivity index (χ3n) is 3.32. The molecule has 1 aliphatic carbocycles. The first-order valence-corrected chi connectivity index (χ1v) is 5.50. The fourth-order valence-electron chi connectivity index (χ4n) is 2.43. The first-order chi connectivity index (χ1) is 7.66. The Labute approximate surface area is 92.1 Å². The summed E-state index contributed by atoms with van der Waals surface area (Å²) < 4.78 is 13.4. The summed E-state index contributed by atoms with van der Waals surface area (Å²) >= 11 is 0. The molecule has 0 bridgehead atoms. The molecule has 1 aromatic carbocycles. The molecule has 2 nitrogen and oxygen atoms in total. The van der Waals surface area contributed by atoms with E-state index in [1.54, 1.807) is 13.0 Å². The number of halogens is 1. The van der Waals surface area contributed by atoms with Gasteiger partial charge in [-0.05, 0) is 43.9 Å². The van der Waals surface area contributed by atoms with Gasteiger partial charge in [-0.2, -0.15) is 0 Å². The molecule has 0 saturated heterocycles. The third-order valence-corrected chi connectivity index (χ3v) is 3.32. The van der Waals surface area contributed by atoms with Crippen LogP contribution >= 0.6 is 0 Å². The minimum absolute atomic E-state index is 0.0735. The van der Waals surface area contributed by atoms with Gasteiger partial charge >= 0.3 is 0 Å². The van der Waals surface area contributed by atoms with Gasteiger partial charge in [-0.25, -0.2) is 4.39 Å². The molecule has 0 amide bonds. The zero-order valence-corrected chi connectivity index (χ0v) is 9.06. The summed E-state index contributed by atoms with van der Waals surface area (Å²) in [6, 6.07) is 3.06. The van der Waals surface area contributed by atoms with E-state index in [0.717, 1.165) is 30.5 Å². The number of benzene rings is 1. The number of H-pyrrole nitrogens is 1. The standard InChI is InChI=1S/C13H12FNO/c1-7-5-9-12(6-10(7)14)15-11-4-2-3-8(11)13(9)16/h5-6H,2-4H2,1H3,(H,15,16). The van der Waals surface area contributed by atoms with Gasteiger partial charge in [0, 0.05) is 16.6 Å². The summed E-state index contributed by atoms with van der Waals surface area (Å²) in [5, 5.41) is 0.611. The van der Waals surface area contributed by atoms with Gasteiger partial charge in [-0.3, -0.25) is 4.79 Å². The zero-order valence-electron chi connectivity index (χ0n) is 9.06. The van der Waals surface area contributed by atoms with E-state index >= 15 is 0 Å². The lowest BCUT2D eigenvalue weighted by Gasteiger charge is -2.05. The Bertz CT molecular complexity index is 642. The van der Waals surface area contributed by atoms with Crippen molar-refractivity contribution in [2.75, 3.05) is 0 Å².